The number of hydrogen-bond donors (Lipinski definition) is 2. The number of hydrogen-bond acceptors (Lipinski definition) is 4. The second-order valence-corrected chi connectivity index (χ2v) is 9.96. The highest BCUT2D eigenvalue weighted by Crippen LogP contribution is 2.38. The summed E-state index contributed by atoms with van der Waals surface area (Å²) in [4.78, 5) is 16.2. The highest BCUT2D eigenvalue weighted by molar-refractivity contribution is 9.11. The number of fused-ring (bicyclic) bond motifs is 3. The lowest BCUT2D eigenvalue weighted by Gasteiger charge is -2.45. The standard InChI is InChI=1S/C20H22BrFN2O2S/c1-12-10-14(2-3-15(12)22)20(26,17-4-5-18(21)27-17)19(25)23-16-11-24-8-6-13(16)7-9-24/h2-5,10,13,16,26H,6-9,11H2,1H3,(H,23,25). The molecule has 144 valence electrons. The van der Waals surface area contributed by atoms with Crippen molar-refractivity contribution < 1.29 is 14.3 Å². The molecular weight excluding hydrogens is 431 g/mol. The quantitative estimate of drug-likeness (QED) is 0.747. The Morgan fingerprint density at radius 3 is 2.63 bits per heavy atom. The van der Waals surface area contributed by atoms with Crippen LogP contribution in [0, 0.1) is 18.7 Å². The second kappa shape index (κ2) is 7.28. The number of carbonyl (C=O) groups is 1. The first-order chi connectivity index (χ1) is 12.9. The molecule has 4 heterocycles. The van der Waals surface area contributed by atoms with Crippen molar-refractivity contribution in [2.24, 2.45) is 5.92 Å². The lowest BCUT2D eigenvalue weighted by Crippen LogP contribution is -2.60. The minimum Gasteiger partial charge on any atom is -0.371 e. The first-order valence-corrected chi connectivity index (χ1v) is 10.8. The highest BCUT2D eigenvalue weighted by Gasteiger charge is 2.44. The predicted octanol–water partition coefficient (Wildman–Crippen LogP) is 3.40. The van der Waals surface area contributed by atoms with E-state index in [-0.39, 0.29) is 11.9 Å². The molecule has 3 aliphatic rings. The SMILES string of the molecule is Cc1cc(C(O)(C(=O)NC2CN3CCC2CC3)c2ccc(Br)s2)ccc1F. The van der Waals surface area contributed by atoms with Crippen molar-refractivity contribution in [3.05, 3.63) is 55.9 Å². The smallest absolute Gasteiger partial charge is 0.262 e. The maximum Gasteiger partial charge on any atom is 0.262 e. The fourth-order valence-corrected chi connectivity index (χ4v) is 5.66. The molecule has 1 aromatic heterocycles. The summed E-state index contributed by atoms with van der Waals surface area (Å²) in [6.45, 7) is 4.62. The summed E-state index contributed by atoms with van der Waals surface area (Å²) in [5.74, 6) is -0.346. The molecule has 2 N–H and O–H groups in total. The van der Waals surface area contributed by atoms with Crippen molar-refractivity contribution in [3.8, 4) is 0 Å². The van der Waals surface area contributed by atoms with Crippen molar-refractivity contribution in [2.75, 3.05) is 19.6 Å². The monoisotopic (exact) mass is 452 g/mol. The van der Waals surface area contributed by atoms with Crippen LogP contribution >= 0.6 is 27.3 Å². The molecule has 27 heavy (non-hydrogen) atoms. The number of thiophene rings is 1. The number of benzene rings is 1. The Labute approximate surface area is 170 Å². The van der Waals surface area contributed by atoms with Gasteiger partial charge in [0.05, 0.1) is 8.66 Å². The molecule has 3 saturated heterocycles. The third-order valence-corrected chi connectivity index (χ3v) is 7.54. The molecular formula is C20H22BrFN2O2S. The Morgan fingerprint density at radius 2 is 2.07 bits per heavy atom. The number of nitrogens with one attached hydrogen (secondary N) is 1. The molecule has 0 spiro atoms. The van der Waals surface area contributed by atoms with E-state index in [1.54, 1.807) is 19.1 Å². The molecule has 2 unspecified atom stereocenters. The fourth-order valence-electron chi connectivity index (χ4n) is 4.17. The minimum atomic E-state index is -1.85. The lowest BCUT2D eigenvalue weighted by molar-refractivity contribution is -0.138. The van der Waals surface area contributed by atoms with Gasteiger partial charge in [0.1, 0.15) is 5.82 Å². The predicted molar refractivity (Wildman–Crippen MR) is 107 cm³/mol. The van der Waals surface area contributed by atoms with Gasteiger partial charge in [0.25, 0.3) is 5.91 Å². The summed E-state index contributed by atoms with van der Waals surface area (Å²) in [7, 11) is 0. The number of halogens is 2. The summed E-state index contributed by atoms with van der Waals surface area (Å²) < 4.78 is 14.6. The zero-order valence-electron chi connectivity index (χ0n) is 15.0. The number of carbonyl (C=O) groups excluding carboxylic acids is 1. The molecule has 2 atom stereocenters. The van der Waals surface area contributed by atoms with Crippen molar-refractivity contribution in [1.29, 1.82) is 0 Å². The van der Waals surface area contributed by atoms with E-state index < -0.39 is 11.5 Å². The van der Waals surface area contributed by atoms with Crippen LogP contribution in [0.5, 0.6) is 0 Å². The van der Waals surface area contributed by atoms with E-state index in [1.165, 1.54) is 23.5 Å². The van der Waals surface area contributed by atoms with Gasteiger partial charge < -0.3 is 15.3 Å². The molecule has 3 aliphatic heterocycles. The summed E-state index contributed by atoms with van der Waals surface area (Å²) in [5.41, 5.74) is -1.06. The average Bonchev–Trinajstić information content (AvgIpc) is 3.11. The second-order valence-electron chi connectivity index (χ2n) is 7.50. The van der Waals surface area contributed by atoms with E-state index in [0.29, 0.717) is 21.9 Å². The molecule has 2 bridgehead atoms. The van der Waals surface area contributed by atoms with Crippen LogP contribution in [0.25, 0.3) is 0 Å². The van der Waals surface area contributed by atoms with Crippen LogP contribution in [0.4, 0.5) is 4.39 Å². The highest BCUT2D eigenvalue weighted by atomic mass is 79.9. The van der Waals surface area contributed by atoms with E-state index in [0.717, 1.165) is 36.3 Å². The Hall–Kier alpha value is -1.28. The van der Waals surface area contributed by atoms with Gasteiger partial charge in [-0.3, -0.25) is 4.79 Å². The number of piperidine rings is 3. The van der Waals surface area contributed by atoms with Crippen LogP contribution in [-0.4, -0.2) is 41.6 Å². The Morgan fingerprint density at radius 1 is 1.33 bits per heavy atom. The van der Waals surface area contributed by atoms with Crippen molar-refractivity contribution in [1.82, 2.24) is 10.2 Å². The van der Waals surface area contributed by atoms with Gasteiger partial charge >= 0.3 is 0 Å². The van der Waals surface area contributed by atoms with Crippen LogP contribution in [-0.2, 0) is 10.4 Å². The summed E-state index contributed by atoms with van der Waals surface area (Å²) in [6.07, 6.45) is 2.15. The minimum absolute atomic E-state index is 0.0384. The van der Waals surface area contributed by atoms with Crippen molar-refractivity contribution in [3.63, 3.8) is 0 Å². The van der Waals surface area contributed by atoms with Crippen LogP contribution in [0.2, 0.25) is 0 Å². The largest absolute Gasteiger partial charge is 0.371 e. The Kier molecular flexibility index (Phi) is 5.14. The van der Waals surface area contributed by atoms with Crippen LogP contribution in [0.3, 0.4) is 0 Å². The molecule has 2 aromatic rings. The van der Waals surface area contributed by atoms with Crippen molar-refractivity contribution >= 4 is 33.2 Å². The Bertz CT molecular complexity index is 865. The van der Waals surface area contributed by atoms with Gasteiger partial charge in [-0.2, -0.15) is 0 Å². The van der Waals surface area contributed by atoms with Gasteiger partial charge in [0.2, 0.25) is 5.60 Å². The lowest BCUT2D eigenvalue weighted by atomic mass is 9.83. The van der Waals surface area contributed by atoms with Gasteiger partial charge in [0.15, 0.2) is 0 Å². The van der Waals surface area contributed by atoms with Gasteiger partial charge in [-0.05, 0) is 90.1 Å². The summed E-state index contributed by atoms with van der Waals surface area (Å²) in [6, 6.07) is 7.94. The topological polar surface area (TPSA) is 52.6 Å². The molecule has 0 radical (unpaired) electrons. The zero-order chi connectivity index (χ0) is 19.2. The molecule has 0 aliphatic carbocycles. The summed E-state index contributed by atoms with van der Waals surface area (Å²) in [5, 5.41) is 14.7. The van der Waals surface area contributed by atoms with E-state index >= 15 is 0 Å². The number of rotatable bonds is 4. The van der Waals surface area contributed by atoms with Crippen LogP contribution < -0.4 is 5.32 Å². The van der Waals surface area contributed by atoms with E-state index in [2.05, 4.69) is 26.1 Å². The van der Waals surface area contributed by atoms with Gasteiger partial charge in [0, 0.05) is 12.6 Å². The van der Waals surface area contributed by atoms with Gasteiger partial charge in [-0.25, -0.2) is 4.39 Å². The third kappa shape index (κ3) is 3.46. The van der Waals surface area contributed by atoms with Gasteiger partial charge in [-0.1, -0.05) is 6.07 Å². The molecule has 0 saturated carbocycles. The molecule has 7 heteroatoms. The fraction of sp³-hybridized carbons (Fsp3) is 0.450. The average molecular weight is 453 g/mol. The molecule has 1 amide bonds. The maximum atomic E-state index is 13.8. The van der Waals surface area contributed by atoms with Crippen LogP contribution in [0.15, 0.2) is 34.1 Å². The number of amides is 1. The third-order valence-electron chi connectivity index (χ3n) is 5.81. The van der Waals surface area contributed by atoms with Crippen molar-refractivity contribution in [2.45, 2.75) is 31.4 Å². The number of aryl methyl sites for hydroxylation is 1. The zero-order valence-corrected chi connectivity index (χ0v) is 17.4. The number of aliphatic hydroxyl groups is 1. The van der Waals surface area contributed by atoms with E-state index in [9.17, 15) is 14.3 Å². The van der Waals surface area contributed by atoms with Gasteiger partial charge in [-0.15, -0.1) is 11.3 Å². The van der Waals surface area contributed by atoms with E-state index in [4.69, 9.17) is 0 Å². The number of nitrogens with zero attached hydrogens (tertiary/aromatic N) is 1. The summed E-state index contributed by atoms with van der Waals surface area (Å²) >= 11 is 4.71. The maximum absolute atomic E-state index is 13.8. The molecule has 4 nitrogen and oxygen atoms in total. The van der Waals surface area contributed by atoms with E-state index in [1.807, 2.05) is 6.07 Å². The molecule has 1 aromatic carbocycles. The molecule has 5 rings (SSSR count). The first-order valence-electron chi connectivity index (χ1n) is 9.16. The molecule has 3 fully saturated rings. The first kappa shape index (κ1) is 19.1. The Balaban J connectivity index is 1.69. The normalized spacial score (nSPS) is 26.6. The van der Waals surface area contributed by atoms with Crippen LogP contribution in [0.1, 0.15) is 28.8 Å².